The highest BCUT2D eigenvalue weighted by Crippen LogP contribution is 2.29. The summed E-state index contributed by atoms with van der Waals surface area (Å²) in [4.78, 5) is 28.2. The third kappa shape index (κ3) is 5.55. The second-order valence-corrected chi connectivity index (χ2v) is 7.46. The van der Waals surface area contributed by atoms with Crippen molar-refractivity contribution in [2.45, 2.75) is 25.9 Å². The Morgan fingerprint density at radius 2 is 1.93 bits per heavy atom. The first-order valence-corrected chi connectivity index (χ1v) is 10.1. The van der Waals surface area contributed by atoms with E-state index in [9.17, 15) is 14.9 Å². The molecule has 0 saturated carbocycles. The van der Waals surface area contributed by atoms with E-state index in [-0.39, 0.29) is 23.3 Å². The summed E-state index contributed by atoms with van der Waals surface area (Å²) in [5.74, 6) is 0.124. The molecule has 1 unspecified atom stereocenters. The van der Waals surface area contributed by atoms with Gasteiger partial charge in [0.25, 0.3) is 5.69 Å². The first-order valence-electron chi connectivity index (χ1n) is 10.1. The molecule has 0 spiro atoms. The van der Waals surface area contributed by atoms with Gasteiger partial charge in [-0.2, -0.15) is 0 Å². The van der Waals surface area contributed by atoms with Gasteiger partial charge in [-0.25, -0.2) is 0 Å². The molecule has 160 valence electrons. The van der Waals surface area contributed by atoms with Crippen molar-refractivity contribution in [3.8, 4) is 5.75 Å². The highest BCUT2D eigenvalue weighted by molar-refractivity contribution is 5.96. The third-order valence-corrected chi connectivity index (χ3v) is 5.46. The van der Waals surface area contributed by atoms with Crippen LogP contribution in [0.15, 0.2) is 48.5 Å². The molecule has 1 aliphatic rings. The van der Waals surface area contributed by atoms with Crippen LogP contribution < -0.4 is 10.1 Å². The molecule has 0 radical (unpaired) electrons. The average Bonchev–Trinajstić information content (AvgIpc) is 2.99. The number of ether oxygens (including phenoxy) is 1. The Labute approximate surface area is 176 Å². The van der Waals surface area contributed by atoms with Gasteiger partial charge in [0.15, 0.2) is 0 Å². The van der Waals surface area contributed by atoms with Gasteiger partial charge in [-0.1, -0.05) is 30.3 Å². The molecule has 1 fully saturated rings. The largest absolute Gasteiger partial charge is 0.496 e. The van der Waals surface area contributed by atoms with Crippen LogP contribution in [0.3, 0.4) is 0 Å². The number of anilines is 1. The van der Waals surface area contributed by atoms with Crippen LogP contribution in [0.5, 0.6) is 5.75 Å². The Hall–Kier alpha value is -2.97. The van der Waals surface area contributed by atoms with E-state index in [1.165, 1.54) is 24.8 Å². The summed E-state index contributed by atoms with van der Waals surface area (Å²) in [6.07, 6.45) is 0.965. The summed E-state index contributed by atoms with van der Waals surface area (Å²) >= 11 is 0. The van der Waals surface area contributed by atoms with Crippen molar-refractivity contribution in [1.82, 2.24) is 9.80 Å². The molecule has 8 nitrogen and oxygen atoms in total. The highest BCUT2D eigenvalue weighted by Gasteiger charge is 2.26. The van der Waals surface area contributed by atoms with Gasteiger partial charge in [-0.3, -0.25) is 24.7 Å². The predicted octanol–water partition coefficient (Wildman–Crippen LogP) is 3.14. The van der Waals surface area contributed by atoms with Crippen molar-refractivity contribution < 1.29 is 14.5 Å². The lowest BCUT2D eigenvalue weighted by atomic mass is 10.2. The first kappa shape index (κ1) is 21.7. The van der Waals surface area contributed by atoms with Gasteiger partial charge >= 0.3 is 0 Å². The van der Waals surface area contributed by atoms with Crippen LogP contribution in [0.1, 0.15) is 18.9 Å². The molecule has 3 rings (SSSR count). The maximum atomic E-state index is 12.8. The zero-order chi connectivity index (χ0) is 21.5. The number of amides is 1. The van der Waals surface area contributed by atoms with E-state index in [4.69, 9.17) is 4.74 Å². The zero-order valence-electron chi connectivity index (χ0n) is 17.4. The summed E-state index contributed by atoms with van der Waals surface area (Å²) in [5, 5.41) is 14.1. The van der Waals surface area contributed by atoms with Crippen LogP contribution in [0.2, 0.25) is 0 Å². The number of methoxy groups -OCH3 is 1. The smallest absolute Gasteiger partial charge is 0.296 e. The van der Waals surface area contributed by atoms with E-state index in [2.05, 4.69) is 27.2 Å². The molecule has 2 aromatic carbocycles. The summed E-state index contributed by atoms with van der Waals surface area (Å²) in [6, 6.07) is 14.4. The fourth-order valence-corrected chi connectivity index (χ4v) is 3.68. The van der Waals surface area contributed by atoms with Gasteiger partial charge in [-0.15, -0.1) is 0 Å². The molecule has 1 N–H and O–H groups in total. The molecule has 8 heteroatoms. The number of benzene rings is 2. The van der Waals surface area contributed by atoms with Crippen molar-refractivity contribution in [2.75, 3.05) is 38.6 Å². The fourth-order valence-electron chi connectivity index (χ4n) is 3.68. The lowest BCUT2D eigenvalue weighted by Gasteiger charge is -2.27. The van der Waals surface area contributed by atoms with Crippen LogP contribution in [-0.4, -0.2) is 60.0 Å². The first-order chi connectivity index (χ1) is 14.5. The SMILES string of the molecule is COc1ccc(NC(=O)C(C)N2CCCN(Cc3ccccc3)CC2)c([N+](=O)[O-])c1. The molecular formula is C22H28N4O4. The maximum absolute atomic E-state index is 12.8. The molecule has 0 bridgehead atoms. The Morgan fingerprint density at radius 1 is 1.17 bits per heavy atom. The molecule has 1 heterocycles. The van der Waals surface area contributed by atoms with E-state index >= 15 is 0 Å². The number of hydrogen-bond donors (Lipinski definition) is 1. The normalized spacial score (nSPS) is 16.5. The standard InChI is InChI=1S/C22H28N4O4/c1-17(22(27)23-20-10-9-19(30-2)15-21(20)26(28)29)25-12-6-11-24(13-14-25)16-18-7-4-3-5-8-18/h3-5,7-10,15,17H,6,11-14,16H2,1-2H3,(H,23,27). The number of carbonyl (C=O) groups is 1. The van der Waals surface area contributed by atoms with Gasteiger partial charge in [-0.05, 0) is 37.6 Å². The van der Waals surface area contributed by atoms with Crippen LogP contribution in [0.25, 0.3) is 0 Å². The predicted molar refractivity (Wildman–Crippen MR) is 116 cm³/mol. The van der Waals surface area contributed by atoms with Gasteiger partial charge in [0, 0.05) is 26.2 Å². The number of hydrogen-bond acceptors (Lipinski definition) is 6. The minimum atomic E-state index is -0.518. The van der Waals surface area contributed by atoms with E-state index in [0.717, 1.165) is 39.1 Å². The number of nitrogens with one attached hydrogen (secondary N) is 1. The van der Waals surface area contributed by atoms with Crippen LogP contribution in [0.4, 0.5) is 11.4 Å². The average molecular weight is 412 g/mol. The number of rotatable bonds is 7. The lowest BCUT2D eigenvalue weighted by Crippen LogP contribution is -2.43. The van der Waals surface area contributed by atoms with Crippen molar-refractivity contribution in [3.63, 3.8) is 0 Å². The molecule has 1 atom stereocenters. The minimum Gasteiger partial charge on any atom is -0.496 e. The summed E-state index contributed by atoms with van der Waals surface area (Å²) in [7, 11) is 1.44. The minimum absolute atomic E-state index is 0.179. The number of nitro benzene ring substituents is 1. The third-order valence-electron chi connectivity index (χ3n) is 5.46. The number of nitro groups is 1. The quantitative estimate of drug-likeness (QED) is 0.555. The van der Waals surface area contributed by atoms with E-state index in [1.807, 2.05) is 25.1 Å². The number of carbonyl (C=O) groups excluding carboxylic acids is 1. The monoisotopic (exact) mass is 412 g/mol. The second-order valence-electron chi connectivity index (χ2n) is 7.46. The van der Waals surface area contributed by atoms with Crippen molar-refractivity contribution in [3.05, 3.63) is 64.2 Å². The molecule has 1 amide bonds. The highest BCUT2D eigenvalue weighted by atomic mass is 16.6. The Balaban J connectivity index is 1.60. The van der Waals surface area contributed by atoms with Crippen LogP contribution in [0, 0.1) is 10.1 Å². The van der Waals surface area contributed by atoms with Crippen molar-refractivity contribution in [2.24, 2.45) is 0 Å². The topological polar surface area (TPSA) is 88.0 Å². The Bertz CT molecular complexity index is 875. The Kier molecular flexibility index (Phi) is 7.37. The molecule has 0 aromatic heterocycles. The second kappa shape index (κ2) is 10.2. The molecule has 30 heavy (non-hydrogen) atoms. The summed E-state index contributed by atoms with van der Waals surface area (Å²) < 4.78 is 5.04. The van der Waals surface area contributed by atoms with E-state index < -0.39 is 4.92 Å². The van der Waals surface area contributed by atoms with E-state index in [1.54, 1.807) is 6.07 Å². The molecular weight excluding hydrogens is 384 g/mol. The van der Waals surface area contributed by atoms with Crippen LogP contribution in [-0.2, 0) is 11.3 Å². The Morgan fingerprint density at radius 3 is 2.63 bits per heavy atom. The maximum Gasteiger partial charge on any atom is 0.296 e. The molecule has 1 saturated heterocycles. The fraction of sp³-hybridized carbons (Fsp3) is 0.409. The van der Waals surface area contributed by atoms with Gasteiger partial charge in [0.2, 0.25) is 5.91 Å². The van der Waals surface area contributed by atoms with Crippen molar-refractivity contribution in [1.29, 1.82) is 0 Å². The van der Waals surface area contributed by atoms with Crippen molar-refractivity contribution >= 4 is 17.3 Å². The van der Waals surface area contributed by atoms with Gasteiger partial charge in [0.05, 0.1) is 24.1 Å². The van der Waals surface area contributed by atoms with Crippen LogP contribution >= 0.6 is 0 Å². The van der Waals surface area contributed by atoms with E-state index in [0.29, 0.717) is 5.75 Å². The number of nitrogens with zero attached hydrogens (tertiary/aromatic N) is 3. The summed E-state index contributed by atoms with van der Waals surface area (Å²) in [5.41, 5.74) is 1.28. The molecule has 0 aliphatic carbocycles. The van der Waals surface area contributed by atoms with Gasteiger partial charge < -0.3 is 10.1 Å². The molecule has 1 aliphatic heterocycles. The molecule has 2 aromatic rings. The lowest BCUT2D eigenvalue weighted by molar-refractivity contribution is -0.384. The zero-order valence-corrected chi connectivity index (χ0v) is 17.4. The van der Waals surface area contributed by atoms with Gasteiger partial charge in [0.1, 0.15) is 11.4 Å². The summed E-state index contributed by atoms with van der Waals surface area (Å²) in [6.45, 7) is 6.17.